The first kappa shape index (κ1) is 18.2. The first-order valence-electron chi connectivity index (χ1n) is 8.40. The molecule has 0 spiro atoms. The van der Waals surface area contributed by atoms with E-state index in [1.54, 1.807) is 0 Å². The van der Waals surface area contributed by atoms with Gasteiger partial charge in [0.25, 0.3) is 0 Å². The molecule has 0 amide bonds. The summed E-state index contributed by atoms with van der Waals surface area (Å²) in [6.07, 6.45) is 1.94. The number of benzene rings is 1. The number of sulfonamides is 1. The summed E-state index contributed by atoms with van der Waals surface area (Å²) >= 11 is 0. The van der Waals surface area contributed by atoms with Crippen molar-refractivity contribution in [3.8, 4) is 5.75 Å². The van der Waals surface area contributed by atoms with Gasteiger partial charge in [-0.2, -0.15) is 0 Å². The lowest BCUT2D eigenvalue weighted by molar-refractivity contribution is -0.148. The molecule has 0 bridgehead atoms. The number of hydrogen-bond donors (Lipinski definition) is 1. The van der Waals surface area contributed by atoms with Crippen LogP contribution in [0.2, 0.25) is 0 Å². The van der Waals surface area contributed by atoms with E-state index in [4.69, 9.17) is 4.74 Å². The van der Waals surface area contributed by atoms with Crippen LogP contribution in [-0.2, 0) is 14.8 Å². The highest BCUT2D eigenvalue weighted by molar-refractivity contribution is 7.88. The third kappa shape index (κ3) is 3.80. The molecule has 8 heteroatoms. The summed E-state index contributed by atoms with van der Waals surface area (Å²) in [6, 6.07) is 9.57. The van der Waals surface area contributed by atoms with Crippen molar-refractivity contribution in [3.63, 3.8) is 0 Å². The number of aliphatic carboxylic acids is 1. The fourth-order valence-electron chi connectivity index (χ4n) is 3.84. The van der Waals surface area contributed by atoms with Crippen LogP contribution >= 0.6 is 0 Å². The molecule has 1 aromatic rings. The highest BCUT2D eigenvalue weighted by Gasteiger charge is 2.58. The van der Waals surface area contributed by atoms with Gasteiger partial charge in [-0.3, -0.25) is 4.79 Å². The van der Waals surface area contributed by atoms with Gasteiger partial charge in [0.05, 0.1) is 18.3 Å². The van der Waals surface area contributed by atoms with Crippen molar-refractivity contribution < 1.29 is 23.1 Å². The van der Waals surface area contributed by atoms with E-state index in [9.17, 15) is 18.3 Å². The number of fused-ring (bicyclic) bond motifs is 1. The zero-order valence-electron chi connectivity index (χ0n) is 14.3. The van der Waals surface area contributed by atoms with E-state index >= 15 is 0 Å². The standard InChI is InChI=1S/C17H24N2O5S/c1-25(22,23)19-11-14-10-18(12-17(14,13-19)16(20)21)8-5-9-24-15-6-3-2-4-7-15/h2-4,6-7,14H,5,8-13H2,1H3,(H,20,21)/t14-,17-/m1/s1. The molecule has 0 aliphatic carbocycles. The molecule has 25 heavy (non-hydrogen) atoms. The van der Waals surface area contributed by atoms with Crippen molar-refractivity contribution in [2.24, 2.45) is 11.3 Å². The summed E-state index contributed by atoms with van der Waals surface area (Å²) < 4.78 is 30.5. The van der Waals surface area contributed by atoms with Gasteiger partial charge in [-0.05, 0) is 18.6 Å². The number of rotatable bonds is 7. The van der Waals surface area contributed by atoms with Crippen molar-refractivity contribution in [3.05, 3.63) is 30.3 Å². The zero-order chi connectivity index (χ0) is 18.1. The van der Waals surface area contributed by atoms with E-state index in [-0.39, 0.29) is 12.5 Å². The molecule has 0 unspecified atom stereocenters. The van der Waals surface area contributed by atoms with Crippen molar-refractivity contribution >= 4 is 16.0 Å². The van der Waals surface area contributed by atoms with E-state index in [2.05, 4.69) is 4.90 Å². The molecular formula is C17H24N2O5S. The minimum absolute atomic E-state index is 0.0723. The molecular weight excluding hydrogens is 344 g/mol. The summed E-state index contributed by atoms with van der Waals surface area (Å²) in [6.45, 7) is 2.69. The van der Waals surface area contributed by atoms with Gasteiger partial charge in [-0.15, -0.1) is 0 Å². The highest BCUT2D eigenvalue weighted by atomic mass is 32.2. The second-order valence-electron chi connectivity index (χ2n) is 6.96. The molecule has 2 atom stereocenters. The number of hydrogen-bond acceptors (Lipinski definition) is 5. The Bertz CT molecular complexity index is 724. The van der Waals surface area contributed by atoms with Gasteiger partial charge in [-0.25, -0.2) is 12.7 Å². The molecule has 1 N–H and O–H groups in total. The molecule has 3 rings (SSSR count). The van der Waals surface area contributed by atoms with Gasteiger partial charge in [-0.1, -0.05) is 18.2 Å². The predicted molar refractivity (Wildman–Crippen MR) is 93.0 cm³/mol. The minimum atomic E-state index is -3.35. The van der Waals surface area contributed by atoms with E-state index in [0.29, 0.717) is 26.2 Å². The summed E-state index contributed by atoms with van der Waals surface area (Å²) in [7, 11) is -3.35. The maximum atomic E-state index is 11.9. The van der Waals surface area contributed by atoms with Crippen LogP contribution < -0.4 is 4.74 Å². The Kier molecular flexibility index (Phi) is 5.04. The van der Waals surface area contributed by atoms with Crippen molar-refractivity contribution in [1.29, 1.82) is 0 Å². The Morgan fingerprint density at radius 2 is 2.00 bits per heavy atom. The minimum Gasteiger partial charge on any atom is -0.494 e. The van der Waals surface area contributed by atoms with Crippen LogP contribution in [0.25, 0.3) is 0 Å². The normalized spacial score (nSPS) is 27.3. The molecule has 1 aromatic carbocycles. The monoisotopic (exact) mass is 368 g/mol. The summed E-state index contributed by atoms with van der Waals surface area (Å²) in [5.41, 5.74) is -0.983. The van der Waals surface area contributed by atoms with Crippen molar-refractivity contribution in [2.45, 2.75) is 6.42 Å². The zero-order valence-corrected chi connectivity index (χ0v) is 15.1. The number of carboxylic acid groups (broad SMARTS) is 1. The maximum Gasteiger partial charge on any atom is 0.312 e. The molecule has 2 fully saturated rings. The number of likely N-dealkylation sites (tertiary alicyclic amines) is 1. The number of ether oxygens (including phenoxy) is 1. The molecule has 0 aromatic heterocycles. The molecule has 2 heterocycles. The van der Waals surface area contributed by atoms with Gasteiger partial charge in [0, 0.05) is 38.6 Å². The topological polar surface area (TPSA) is 87.2 Å². The average molecular weight is 368 g/mol. The molecule has 0 saturated carbocycles. The number of nitrogens with zero attached hydrogens (tertiary/aromatic N) is 2. The van der Waals surface area contributed by atoms with Crippen LogP contribution in [0, 0.1) is 11.3 Å². The summed E-state index contributed by atoms with van der Waals surface area (Å²) in [4.78, 5) is 14.0. The Balaban J connectivity index is 1.53. The van der Waals surface area contributed by atoms with E-state index in [0.717, 1.165) is 25.0 Å². The van der Waals surface area contributed by atoms with Crippen molar-refractivity contribution in [2.75, 3.05) is 45.6 Å². The highest BCUT2D eigenvalue weighted by Crippen LogP contribution is 2.43. The van der Waals surface area contributed by atoms with E-state index in [1.165, 1.54) is 4.31 Å². The lowest BCUT2D eigenvalue weighted by Gasteiger charge is -2.24. The van der Waals surface area contributed by atoms with Crippen molar-refractivity contribution in [1.82, 2.24) is 9.21 Å². The van der Waals surface area contributed by atoms with Gasteiger partial charge in [0.15, 0.2) is 0 Å². The first-order chi connectivity index (χ1) is 11.8. The largest absolute Gasteiger partial charge is 0.494 e. The van der Waals surface area contributed by atoms with Gasteiger partial charge in [0.2, 0.25) is 10.0 Å². The lowest BCUT2D eigenvalue weighted by atomic mass is 9.81. The van der Waals surface area contributed by atoms with E-state index < -0.39 is 21.4 Å². The molecule has 0 radical (unpaired) electrons. The van der Waals surface area contributed by atoms with Crippen LogP contribution in [0.3, 0.4) is 0 Å². The number of carbonyl (C=O) groups is 1. The van der Waals surface area contributed by atoms with Crippen LogP contribution in [0.15, 0.2) is 30.3 Å². The fourth-order valence-corrected chi connectivity index (χ4v) is 4.76. The molecule has 138 valence electrons. The third-order valence-corrected chi connectivity index (χ3v) is 6.39. The molecule has 2 aliphatic rings. The quantitative estimate of drug-likeness (QED) is 0.714. The van der Waals surface area contributed by atoms with Gasteiger partial charge >= 0.3 is 5.97 Å². The second-order valence-corrected chi connectivity index (χ2v) is 8.95. The number of para-hydroxylation sites is 1. The van der Waals surface area contributed by atoms with Crippen LogP contribution in [0.5, 0.6) is 5.75 Å². The molecule has 2 aliphatic heterocycles. The second kappa shape index (κ2) is 6.93. The fraction of sp³-hybridized carbons (Fsp3) is 0.588. The smallest absolute Gasteiger partial charge is 0.312 e. The molecule has 7 nitrogen and oxygen atoms in total. The van der Waals surface area contributed by atoms with Crippen LogP contribution in [-0.4, -0.2) is 74.3 Å². The first-order valence-corrected chi connectivity index (χ1v) is 10.2. The predicted octanol–water partition coefficient (Wildman–Crippen LogP) is 0.733. The lowest BCUT2D eigenvalue weighted by Crippen LogP contribution is -2.42. The average Bonchev–Trinajstić information content (AvgIpc) is 3.07. The van der Waals surface area contributed by atoms with Crippen LogP contribution in [0.4, 0.5) is 0 Å². The molecule has 2 saturated heterocycles. The summed E-state index contributed by atoms with van der Waals surface area (Å²) in [5.74, 6) is -0.229. The summed E-state index contributed by atoms with van der Waals surface area (Å²) in [5, 5.41) is 9.72. The van der Waals surface area contributed by atoms with Crippen LogP contribution in [0.1, 0.15) is 6.42 Å². The number of carboxylic acids is 1. The Hall–Kier alpha value is -1.64. The van der Waals surface area contributed by atoms with Gasteiger partial charge in [0.1, 0.15) is 5.75 Å². The Morgan fingerprint density at radius 3 is 2.60 bits per heavy atom. The Labute approximate surface area is 148 Å². The maximum absolute atomic E-state index is 11.9. The third-order valence-electron chi connectivity index (χ3n) is 5.17. The van der Waals surface area contributed by atoms with E-state index in [1.807, 2.05) is 30.3 Å². The Morgan fingerprint density at radius 1 is 1.28 bits per heavy atom. The van der Waals surface area contributed by atoms with Gasteiger partial charge < -0.3 is 14.7 Å². The SMILES string of the molecule is CS(=O)(=O)N1C[C@H]2CN(CCCOc3ccccc3)C[C@@]2(C(=O)O)C1.